The fraction of sp³-hybridized carbons (Fsp3) is 0.188. The lowest BCUT2D eigenvalue weighted by Crippen LogP contribution is -2.29. The SMILES string of the molecule is CN(CC(=O)Nc1cccc(Cl)c1)Cc1ccc(F)cc1. The van der Waals surface area contributed by atoms with Gasteiger partial charge in [0, 0.05) is 17.3 Å². The number of hydrogen-bond acceptors (Lipinski definition) is 2. The van der Waals surface area contributed by atoms with E-state index in [2.05, 4.69) is 5.32 Å². The number of nitrogens with zero attached hydrogens (tertiary/aromatic N) is 1. The van der Waals surface area contributed by atoms with Crippen molar-refractivity contribution in [3.8, 4) is 0 Å². The van der Waals surface area contributed by atoms with E-state index in [4.69, 9.17) is 11.6 Å². The van der Waals surface area contributed by atoms with Crippen LogP contribution in [0, 0.1) is 5.82 Å². The highest BCUT2D eigenvalue weighted by Gasteiger charge is 2.08. The number of anilines is 1. The van der Waals surface area contributed by atoms with Gasteiger partial charge in [-0.05, 0) is 42.9 Å². The molecule has 0 atom stereocenters. The molecule has 5 heteroatoms. The van der Waals surface area contributed by atoms with Crippen LogP contribution in [0.4, 0.5) is 10.1 Å². The van der Waals surface area contributed by atoms with Crippen molar-refractivity contribution in [3.63, 3.8) is 0 Å². The maximum atomic E-state index is 12.8. The van der Waals surface area contributed by atoms with Gasteiger partial charge in [0.25, 0.3) is 0 Å². The number of nitrogens with one attached hydrogen (secondary N) is 1. The lowest BCUT2D eigenvalue weighted by Gasteiger charge is -2.16. The van der Waals surface area contributed by atoms with E-state index < -0.39 is 0 Å². The van der Waals surface area contributed by atoms with Crippen LogP contribution in [0.1, 0.15) is 5.56 Å². The Hall–Kier alpha value is -1.91. The molecule has 0 radical (unpaired) electrons. The Morgan fingerprint density at radius 3 is 2.62 bits per heavy atom. The van der Waals surface area contributed by atoms with Gasteiger partial charge in [-0.25, -0.2) is 4.39 Å². The number of rotatable bonds is 5. The minimum atomic E-state index is -0.264. The van der Waals surface area contributed by atoms with Gasteiger partial charge in [0.2, 0.25) is 5.91 Å². The van der Waals surface area contributed by atoms with E-state index in [1.54, 1.807) is 36.4 Å². The van der Waals surface area contributed by atoms with Crippen LogP contribution in [0.3, 0.4) is 0 Å². The van der Waals surface area contributed by atoms with Gasteiger partial charge in [-0.2, -0.15) is 0 Å². The second kappa shape index (κ2) is 7.20. The second-order valence-electron chi connectivity index (χ2n) is 4.86. The highest BCUT2D eigenvalue weighted by Crippen LogP contribution is 2.14. The summed E-state index contributed by atoms with van der Waals surface area (Å²) in [7, 11) is 1.83. The normalized spacial score (nSPS) is 10.7. The molecule has 0 aliphatic carbocycles. The predicted octanol–water partition coefficient (Wildman–Crippen LogP) is 3.55. The molecule has 0 fully saturated rings. The fourth-order valence-corrected chi connectivity index (χ4v) is 2.16. The van der Waals surface area contributed by atoms with Gasteiger partial charge >= 0.3 is 0 Å². The molecule has 0 heterocycles. The summed E-state index contributed by atoms with van der Waals surface area (Å²) >= 11 is 5.86. The topological polar surface area (TPSA) is 32.3 Å². The molecule has 2 aromatic rings. The van der Waals surface area contributed by atoms with E-state index >= 15 is 0 Å². The molecule has 3 nitrogen and oxygen atoms in total. The quantitative estimate of drug-likeness (QED) is 0.916. The van der Waals surface area contributed by atoms with Crippen LogP contribution in [0.2, 0.25) is 5.02 Å². The van der Waals surface area contributed by atoms with Crippen LogP contribution in [-0.2, 0) is 11.3 Å². The largest absolute Gasteiger partial charge is 0.325 e. The molecule has 0 aromatic heterocycles. The van der Waals surface area contributed by atoms with E-state index in [9.17, 15) is 9.18 Å². The molecular formula is C16H16ClFN2O. The number of benzene rings is 2. The summed E-state index contributed by atoms with van der Waals surface area (Å²) in [6, 6.07) is 13.2. The zero-order chi connectivity index (χ0) is 15.2. The van der Waals surface area contributed by atoms with Crippen molar-refractivity contribution in [2.45, 2.75) is 6.54 Å². The standard InChI is InChI=1S/C16H16ClFN2O/c1-20(10-12-5-7-14(18)8-6-12)11-16(21)19-15-4-2-3-13(17)9-15/h2-9H,10-11H2,1H3,(H,19,21). The van der Waals surface area contributed by atoms with E-state index in [-0.39, 0.29) is 18.3 Å². The van der Waals surface area contributed by atoms with Crippen molar-refractivity contribution in [3.05, 3.63) is 64.9 Å². The minimum absolute atomic E-state index is 0.123. The third-order valence-electron chi connectivity index (χ3n) is 2.89. The van der Waals surface area contributed by atoms with Crippen LogP contribution in [0.5, 0.6) is 0 Å². The van der Waals surface area contributed by atoms with E-state index in [1.807, 2.05) is 11.9 Å². The van der Waals surface area contributed by atoms with Gasteiger partial charge < -0.3 is 5.32 Å². The Labute approximate surface area is 128 Å². The first kappa shape index (κ1) is 15.5. The molecular weight excluding hydrogens is 291 g/mol. The molecule has 0 aliphatic rings. The Morgan fingerprint density at radius 1 is 1.24 bits per heavy atom. The first-order valence-electron chi connectivity index (χ1n) is 6.51. The molecule has 0 spiro atoms. The van der Waals surface area contributed by atoms with Crippen molar-refractivity contribution in [1.82, 2.24) is 4.90 Å². The lowest BCUT2D eigenvalue weighted by atomic mass is 10.2. The van der Waals surface area contributed by atoms with Gasteiger partial charge in [-0.15, -0.1) is 0 Å². The van der Waals surface area contributed by atoms with Gasteiger partial charge in [-0.3, -0.25) is 9.69 Å². The summed E-state index contributed by atoms with van der Waals surface area (Å²) < 4.78 is 12.8. The molecule has 2 aromatic carbocycles. The molecule has 2 rings (SSSR count). The molecule has 0 unspecified atom stereocenters. The number of carbonyl (C=O) groups is 1. The average Bonchev–Trinajstić information content (AvgIpc) is 2.41. The Kier molecular flexibility index (Phi) is 5.31. The van der Waals surface area contributed by atoms with E-state index in [0.29, 0.717) is 17.3 Å². The zero-order valence-corrected chi connectivity index (χ0v) is 12.4. The van der Waals surface area contributed by atoms with Gasteiger partial charge in [0.05, 0.1) is 6.54 Å². The average molecular weight is 307 g/mol. The first-order valence-corrected chi connectivity index (χ1v) is 6.89. The fourth-order valence-electron chi connectivity index (χ4n) is 1.97. The minimum Gasteiger partial charge on any atom is -0.325 e. The van der Waals surface area contributed by atoms with Crippen LogP contribution >= 0.6 is 11.6 Å². The smallest absolute Gasteiger partial charge is 0.238 e. The summed E-state index contributed by atoms with van der Waals surface area (Å²) in [5, 5.41) is 3.36. The Morgan fingerprint density at radius 2 is 1.95 bits per heavy atom. The highest BCUT2D eigenvalue weighted by atomic mass is 35.5. The van der Waals surface area contributed by atoms with Crippen LogP contribution < -0.4 is 5.32 Å². The van der Waals surface area contributed by atoms with Crippen molar-refractivity contribution >= 4 is 23.2 Å². The van der Waals surface area contributed by atoms with Crippen LogP contribution in [-0.4, -0.2) is 24.4 Å². The summed E-state index contributed by atoms with van der Waals surface area (Å²) in [6.07, 6.45) is 0. The predicted molar refractivity (Wildman–Crippen MR) is 82.8 cm³/mol. The number of carbonyl (C=O) groups excluding carboxylic acids is 1. The Bertz CT molecular complexity index is 616. The zero-order valence-electron chi connectivity index (χ0n) is 11.6. The maximum Gasteiger partial charge on any atom is 0.238 e. The molecule has 21 heavy (non-hydrogen) atoms. The summed E-state index contributed by atoms with van der Waals surface area (Å²) in [4.78, 5) is 13.8. The Balaban J connectivity index is 1.86. The third kappa shape index (κ3) is 5.17. The van der Waals surface area contributed by atoms with E-state index in [0.717, 1.165) is 5.56 Å². The van der Waals surface area contributed by atoms with Crippen LogP contribution in [0.25, 0.3) is 0 Å². The molecule has 1 amide bonds. The number of likely N-dealkylation sites (N-methyl/N-ethyl adjacent to an activating group) is 1. The van der Waals surface area contributed by atoms with E-state index in [1.165, 1.54) is 12.1 Å². The van der Waals surface area contributed by atoms with Crippen molar-refractivity contribution in [2.24, 2.45) is 0 Å². The number of hydrogen-bond donors (Lipinski definition) is 1. The number of amides is 1. The molecule has 0 bridgehead atoms. The molecule has 0 aliphatic heterocycles. The van der Waals surface area contributed by atoms with Gasteiger partial charge in [0.15, 0.2) is 0 Å². The monoisotopic (exact) mass is 306 g/mol. The molecule has 0 saturated carbocycles. The van der Waals surface area contributed by atoms with Crippen molar-refractivity contribution in [1.29, 1.82) is 0 Å². The van der Waals surface area contributed by atoms with Crippen molar-refractivity contribution < 1.29 is 9.18 Å². The van der Waals surface area contributed by atoms with Gasteiger partial charge in [0.1, 0.15) is 5.82 Å². The van der Waals surface area contributed by atoms with Crippen LogP contribution in [0.15, 0.2) is 48.5 Å². The molecule has 1 N–H and O–H groups in total. The maximum absolute atomic E-state index is 12.8. The summed E-state index contributed by atoms with van der Waals surface area (Å²) in [5.41, 5.74) is 1.62. The third-order valence-corrected chi connectivity index (χ3v) is 3.12. The number of halogens is 2. The lowest BCUT2D eigenvalue weighted by molar-refractivity contribution is -0.117. The first-order chi connectivity index (χ1) is 10.0. The molecule has 110 valence electrons. The van der Waals surface area contributed by atoms with Crippen molar-refractivity contribution in [2.75, 3.05) is 18.9 Å². The van der Waals surface area contributed by atoms with Gasteiger partial charge in [-0.1, -0.05) is 29.8 Å². The summed E-state index contributed by atoms with van der Waals surface area (Å²) in [5.74, 6) is -0.387. The second-order valence-corrected chi connectivity index (χ2v) is 5.29. The highest BCUT2D eigenvalue weighted by molar-refractivity contribution is 6.30. The molecule has 0 saturated heterocycles. The summed E-state index contributed by atoms with van der Waals surface area (Å²) in [6.45, 7) is 0.813.